The summed E-state index contributed by atoms with van der Waals surface area (Å²) in [6.45, 7) is 4.23. The van der Waals surface area contributed by atoms with E-state index in [-0.39, 0.29) is 5.56 Å². The molecule has 2 N–H and O–H groups in total. The van der Waals surface area contributed by atoms with Crippen LogP contribution in [0.3, 0.4) is 0 Å². The van der Waals surface area contributed by atoms with Crippen molar-refractivity contribution in [3.8, 4) is 5.69 Å². The zero-order valence-electron chi connectivity index (χ0n) is 13.9. The summed E-state index contributed by atoms with van der Waals surface area (Å²) in [4.78, 5) is 11.2. The first-order valence-corrected chi connectivity index (χ1v) is 8.47. The zero-order chi connectivity index (χ0) is 16.9. The Morgan fingerprint density at radius 1 is 1.42 bits per heavy atom. The summed E-state index contributed by atoms with van der Waals surface area (Å²) in [6.07, 6.45) is 4.00. The van der Waals surface area contributed by atoms with Crippen molar-refractivity contribution in [3.63, 3.8) is 0 Å². The fraction of sp³-hybridized carbons (Fsp3) is 0.444. The molecule has 0 fully saturated rings. The predicted molar refractivity (Wildman–Crippen MR) is 92.1 cm³/mol. The Kier molecular flexibility index (Phi) is 5.15. The number of carbonyl (C=O) groups is 1. The van der Waals surface area contributed by atoms with Crippen LogP contribution in [-0.2, 0) is 17.6 Å². The molecule has 2 aromatic rings. The average molecular weight is 329 g/mol. The average Bonchev–Trinajstić information content (AvgIpc) is 2.77. The quantitative estimate of drug-likeness (QED) is 0.797. The summed E-state index contributed by atoms with van der Waals surface area (Å²) in [5.41, 5.74) is 3.30. The zero-order valence-corrected chi connectivity index (χ0v) is 13.9. The number of rotatable bonds is 6. The largest absolute Gasteiger partial charge is 0.478 e. The molecule has 0 amide bonds. The summed E-state index contributed by atoms with van der Waals surface area (Å²) >= 11 is 0. The van der Waals surface area contributed by atoms with Gasteiger partial charge in [0.1, 0.15) is 5.82 Å². The molecular weight excluding hydrogens is 306 g/mol. The van der Waals surface area contributed by atoms with Gasteiger partial charge in [0.25, 0.3) is 0 Å². The van der Waals surface area contributed by atoms with Crippen molar-refractivity contribution < 1.29 is 14.6 Å². The van der Waals surface area contributed by atoms with Crippen LogP contribution in [0.5, 0.6) is 0 Å². The van der Waals surface area contributed by atoms with Gasteiger partial charge in [0, 0.05) is 25.1 Å². The van der Waals surface area contributed by atoms with Crippen LogP contribution in [0, 0.1) is 0 Å². The van der Waals surface area contributed by atoms with Gasteiger partial charge < -0.3 is 15.2 Å². The number of aromatic carboxylic acids is 1. The van der Waals surface area contributed by atoms with E-state index in [4.69, 9.17) is 9.84 Å². The van der Waals surface area contributed by atoms with Crippen LogP contribution in [0.2, 0.25) is 0 Å². The van der Waals surface area contributed by atoms with Gasteiger partial charge >= 0.3 is 5.97 Å². The van der Waals surface area contributed by atoms with Gasteiger partial charge in [-0.15, -0.1) is 0 Å². The highest BCUT2D eigenvalue weighted by molar-refractivity contribution is 5.88. The van der Waals surface area contributed by atoms with Crippen LogP contribution in [0.4, 0.5) is 5.82 Å². The lowest BCUT2D eigenvalue weighted by atomic mass is 10.1. The number of carboxylic acids is 1. The van der Waals surface area contributed by atoms with E-state index in [1.807, 2.05) is 17.7 Å². The maximum atomic E-state index is 11.2. The molecular formula is C18H23N3O3. The van der Waals surface area contributed by atoms with Crippen molar-refractivity contribution in [1.29, 1.82) is 0 Å². The highest BCUT2D eigenvalue weighted by Crippen LogP contribution is 2.28. The molecule has 24 heavy (non-hydrogen) atoms. The van der Waals surface area contributed by atoms with E-state index < -0.39 is 5.97 Å². The number of benzene rings is 1. The van der Waals surface area contributed by atoms with Gasteiger partial charge in [-0.2, -0.15) is 5.10 Å². The van der Waals surface area contributed by atoms with Gasteiger partial charge in [0.05, 0.1) is 23.6 Å². The molecule has 0 unspecified atom stereocenters. The molecule has 1 aromatic heterocycles. The topological polar surface area (TPSA) is 76.4 Å². The Morgan fingerprint density at radius 3 is 3.08 bits per heavy atom. The second-order valence-electron chi connectivity index (χ2n) is 5.87. The number of nitrogens with one attached hydrogen (secondary N) is 1. The third kappa shape index (κ3) is 3.43. The van der Waals surface area contributed by atoms with Crippen molar-refractivity contribution in [2.45, 2.75) is 32.6 Å². The van der Waals surface area contributed by atoms with Gasteiger partial charge in [-0.1, -0.05) is 6.07 Å². The van der Waals surface area contributed by atoms with E-state index in [2.05, 4.69) is 5.32 Å². The minimum absolute atomic E-state index is 0.265. The van der Waals surface area contributed by atoms with Crippen LogP contribution >= 0.6 is 0 Å². The second-order valence-corrected chi connectivity index (χ2v) is 5.87. The fourth-order valence-corrected chi connectivity index (χ4v) is 3.05. The van der Waals surface area contributed by atoms with Crippen LogP contribution in [0.15, 0.2) is 24.3 Å². The molecule has 0 saturated carbocycles. The predicted octanol–water partition coefficient (Wildman–Crippen LogP) is 2.90. The minimum atomic E-state index is -0.931. The SMILES string of the molecule is CCOCCc1nn(-c2cccc(C(=O)O)c2)c2c1CCCCN2. The van der Waals surface area contributed by atoms with Crippen molar-refractivity contribution in [2.24, 2.45) is 0 Å². The number of fused-ring (bicyclic) bond motifs is 1. The first-order valence-electron chi connectivity index (χ1n) is 8.47. The van der Waals surface area contributed by atoms with Gasteiger partial charge in [0.2, 0.25) is 0 Å². The van der Waals surface area contributed by atoms with Crippen LogP contribution < -0.4 is 5.32 Å². The number of hydrogen-bond acceptors (Lipinski definition) is 4. The number of hydrogen-bond donors (Lipinski definition) is 2. The number of nitrogens with zero attached hydrogens (tertiary/aromatic N) is 2. The van der Waals surface area contributed by atoms with Crippen LogP contribution in [0.25, 0.3) is 5.69 Å². The Hall–Kier alpha value is -2.34. The molecule has 1 aliphatic heterocycles. The van der Waals surface area contributed by atoms with Crippen molar-refractivity contribution in [3.05, 3.63) is 41.1 Å². The Balaban J connectivity index is 2.00. The monoisotopic (exact) mass is 329 g/mol. The van der Waals surface area contributed by atoms with Crippen molar-refractivity contribution in [1.82, 2.24) is 9.78 Å². The third-order valence-corrected chi connectivity index (χ3v) is 4.24. The summed E-state index contributed by atoms with van der Waals surface area (Å²) in [5, 5.41) is 17.4. The van der Waals surface area contributed by atoms with E-state index in [1.54, 1.807) is 18.2 Å². The summed E-state index contributed by atoms with van der Waals surface area (Å²) < 4.78 is 7.32. The number of aromatic nitrogens is 2. The summed E-state index contributed by atoms with van der Waals surface area (Å²) in [6, 6.07) is 6.90. The molecule has 6 heteroatoms. The maximum Gasteiger partial charge on any atom is 0.335 e. The molecule has 3 rings (SSSR count). The van der Waals surface area contributed by atoms with Crippen LogP contribution in [-0.4, -0.2) is 40.6 Å². The normalized spacial score (nSPS) is 13.9. The molecule has 0 aliphatic carbocycles. The molecule has 1 aromatic carbocycles. The fourth-order valence-electron chi connectivity index (χ4n) is 3.05. The summed E-state index contributed by atoms with van der Waals surface area (Å²) in [7, 11) is 0. The molecule has 0 radical (unpaired) electrons. The molecule has 0 bridgehead atoms. The molecule has 0 saturated heterocycles. The van der Waals surface area contributed by atoms with E-state index in [0.29, 0.717) is 13.2 Å². The van der Waals surface area contributed by atoms with Gasteiger partial charge in [-0.25, -0.2) is 9.48 Å². The number of carboxylic acid groups (broad SMARTS) is 1. The first-order chi connectivity index (χ1) is 11.7. The lowest BCUT2D eigenvalue weighted by Crippen LogP contribution is -2.08. The lowest BCUT2D eigenvalue weighted by Gasteiger charge is -2.09. The third-order valence-electron chi connectivity index (χ3n) is 4.24. The Bertz CT molecular complexity index is 724. The summed E-state index contributed by atoms with van der Waals surface area (Å²) in [5.74, 6) is 0.0566. The smallest absolute Gasteiger partial charge is 0.335 e. The Morgan fingerprint density at radius 2 is 2.29 bits per heavy atom. The van der Waals surface area contributed by atoms with E-state index in [1.165, 1.54) is 5.56 Å². The van der Waals surface area contributed by atoms with Gasteiger partial charge in [-0.05, 0) is 44.4 Å². The molecule has 2 heterocycles. The first kappa shape index (κ1) is 16.5. The number of anilines is 1. The van der Waals surface area contributed by atoms with E-state index in [0.717, 1.165) is 49.4 Å². The van der Waals surface area contributed by atoms with E-state index in [9.17, 15) is 9.90 Å². The molecule has 6 nitrogen and oxygen atoms in total. The second kappa shape index (κ2) is 7.49. The highest BCUT2D eigenvalue weighted by Gasteiger charge is 2.20. The van der Waals surface area contributed by atoms with E-state index >= 15 is 0 Å². The van der Waals surface area contributed by atoms with Crippen molar-refractivity contribution in [2.75, 3.05) is 25.1 Å². The maximum absolute atomic E-state index is 11.2. The minimum Gasteiger partial charge on any atom is -0.478 e. The van der Waals surface area contributed by atoms with Crippen molar-refractivity contribution >= 4 is 11.8 Å². The molecule has 0 atom stereocenters. The molecule has 1 aliphatic rings. The highest BCUT2D eigenvalue weighted by atomic mass is 16.5. The van der Waals surface area contributed by atoms with Crippen LogP contribution in [0.1, 0.15) is 41.4 Å². The standard InChI is InChI=1S/C18H23N3O3/c1-2-24-11-9-16-15-8-3-4-10-19-17(15)21(20-16)14-7-5-6-13(12-14)18(22)23/h5-7,12,19H,2-4,8-11H2,1H3,(H,22,23). The molecule has 128 valence electrons. The molecule has 0 spiro atoms. The van der Waals surface area contributed by atoms with Gasteiger partial charge in [0.15, 0.2) is 0 Å². The lowest BCUT2D eigenvalue weighted by molar-refractivity contribution is 0.0697. The van der Waals surface area contributed by atoms with Gasteiger partial charge in [-0.3, -0.25) is 0 Å². The Labute approximate surface area is 141 Å². The number of ether oxygens (including phenoxy) is 1.